The van der Waals surface area contributed by atoms with Gasteiger partial charge in [-0.05, 0) is 30.4 Å². The van der Waals surface area contributed by atoms with E-state index in [2.05, 4.69) is 13.8 Å². The molecule has 0 spiro atoms. The van der Waals surface area contributed by atoms with E-state index in [9.17, 15) is 4.79 Å². The van der Waals surface area contributed by atoms with Gasteiger partial charge in [0.05, 0.1) is 0 Å². The molecule has 0 heterocycles. The summed E-state index contributed by atoms with van der Waals surface area (Å²) in [5.74, 6) is 0.153. The quantitative estimate of drug-likeness (QED) is 0.729. The van der Waals surface area contributed by atoms with Crippen molar-refractivity contribution < 1.29 is 4.79 Å². The summed E-state index contributed by atoms with van der Waals surface area (Å²) in [5.41, 5.74) is 7.24. The Morgan fingerprint density at radius 3 is 2.32 bits per heavy atom. The third-order valence-corrected chi connectivity index (χ3v) is 3.32. The van der Waals surface area contributed by atoms with Gasteiger partial charge >= 0.3 is 0 Å². The third kappa shape index (κ3) is 6.31. The monoisotopic (exact) mass is 305 g/mol. The van der Waals surface area contributed by atoms with Crippen molar-refractivity contribution in [2.45, 2.75) is 51.9 Å². The molecule has 0 fully saturated rings. The number of carbonyl (C=O) groups is 1. The fraction of sp³-hybridized carbons (Fsp3) is 0.533. The average Bonchev–Trinajstić information content (AvgIpc) is 2.35. The number of halogens is 2. The Hall–Kier alpha value is -0.730. The van der Waals surface area contributed by atoms with Gasteiger partial charge in [0, 0.05) is 5.56 Å². The predicted octanol–water partition coefficient (Wildman–Crippen LogP) is 4.70. The van der Waals surface area contributed by atoms with Gasteiger partial charge in [0.15, 0.2) is 0 Å². The lowest BCUT2D eigenvalue weighted by Crippen LogP contribution is -2.15. The zero-order valence-corrected chi connectivity index (χ0v) is 13.4. The Morgan fingerprint density at radius 1 is 1.16 bits per heavy atom. The van der Waals surface area contributed by atoms with E-state index in [-0.39, 0.29) is 30.7 Å². The number of benzene rings is 1. The second kappa shape index (κ2) is 11.1. The molecule has 1 atom stereocenters. The van der Waals surface area contributed by atoms with Crippen LogP contribution in [0.2, 0.25) is 0 Å². The second-order valence-corrected chi connectivity index (χ2v) is 4.55. The summed E-state index contributed by atoms with van der Waals surface area (Å²) in [4.78, 5) is 11.4. The average molecular weight is 306 g/mol. The van der Waals surface area contributed by atoms with E-state index in [1.807, 2.05) is 24.3 Å². The van der Waals surface area contributed by atoms with Gasteiger partial charge in [-0.1, -0.05) is 51.3 Å². The van der Waals surface area contributed by atoms with Gasteiger partial charge in [0.1, 0.15) is 0 Å². The minimum Gasteiger partial charge on any atom is -0.366 e. The van der Waals surface area contributed by atoms with Gasteiger partial charge in [-0.25, -0.2) is 0 Å². The number of hydrogen-bond acceptors (Lipinski definition) is 1. The molecule has 0 aliphatic rings. The maximum Gasteiger partial charge on any atom is 0.248 e. The molecular formula is C15H25Cl2NO. The molecule has 0 saturated heterocycles. The van der Waals surface area contributed by atoms with Gasteiger partial charge in [0.25, 0.3) is 0 Å². The largest absolute Gasteiger partial charge is 0.366 e. The Morgan fingerprint density at radius 2 is 1.79 bits per heavy atom. The van der Waals surface area contributed by atoms with Crippen molar-refractivity contribution in [1.82, 2.24) is 0 Å². The van der Waals surface area contributed by atoms with Crippen molar-refractivity contribution in [3.05, 3.63) is 35.4 Å². The topological polar surface area (TPSA) is 43.1 Å². The smallest absolute Gasteiger partial charge is 0.248 e. The highest BCUT2D eigenvalue weighted by Gasteiger charge is 2.15. The molecule has 2 N–H and O–H groups in total. The second-order valence-electron chi connectivity index (χ2n) is 4.55. The van der Waals surface area contributed by atoms with Gasteiger partial charge in [0.2, 0.25) is 5.91 Å². The molecule has 1 unspecified atom stereocenters. The molecule has 0 aromatic heterocycles. The van der Waals surface area contributed by atoms with Gasteiger partial charge in [-0.3, -0.25) is 4.79 Å². The Labute approximate surface area is 129 Å². The highest BCUT2D eigenvalue weighted by atomic mass is 35.5. The standard InChI is InChI=1S/C15H23NO.2ClH/c1-3-5-6-9-12(4-2)13-10-7-8-11-14(13)15(16)17;;/h7-8,10-12H,3-6,9H2,1-2H3,(H2,16,17);2*1H. The fourth-order valence-corrected chi connectivity index (χ4v) is 2.30. The molecule has 1 aromatic carbocycles. The fourth-order valence-electron chi connectivity index (χ4n) is 2.30. The number of nitrogens with two attached hydrogens (primary N) is 1. The molecule has 4 heteroatoms. The van der Waals surface area contributed by atoms with Crippen LogP contribution in [0.1, 0.15) is 67.8 Å². The molecule has 1 rings (SSSR count). The first-order chi connectivity index (χ1) is 8.20. The first-order valence-corrected chi connectivity index (χ1v) is 6.59. The van der Waals surface area contributed by atoms with E-state index in [1.54, 1.807) is 0 Å². The van der Waals surface area contributed by atoms with Crippen LogP contribution >= 0.6 is 24.8 Å². The van der Waals surface area contributed by atoms with Gasteiger partial charge in [-0.2, -0.15) is 0 Å². The van der Waals surface area contributed by atoms with Crippen LogP contribution in [0, 0.1) is 0 Å². The molecule has 0 bridgehead atoms. The van der Waals surface area contributed by atoms with Crippen LogP contribution in [0.4, 0.5) is 0 Å². The molecule has 0 aliphatic heterocycles. The van der Waals surface area contributed by atoms with Gasteiger partial charge in [-0.15, -0.1) is 24.8 Å². The molecule has 1 amide bonds. The zero-order valence-electron chi connectivity index (χ0n) is 11.7. The van der Waals surface area contributed by atoms with Crippen molar-refractivity contribution in [2.75, 3.05) is 0 Å². The van der Waals surface area contributed by atoms with Gasteiger partial charge < -0.3 is 5.73 Å². The molecular weight excluding hydrogens is 281 g/mol. The number of hydrogen-bond donors (Lipinski definition) is 1. The summed E-state index contributed by atoms with van der Waals surface area (Å²) in [6.45, 7) is 4.38. The van der Waals surface area contributed by atoms with Crippen LogP contribution in [0.5, 0.6) is 0 Å². The Balaban J connectivity index is 0. The number of carbonyl (C=O) groups excluding carboxylic acids is 1. The van der Waals surface area contributed by atoms with Crippen LogP contribution in [-0.4, -0.2) is 5.91 Å². The van der Waals surface area contributed by atoms with Crippen molar-refractivity contribution in [3.8, 4) is 0 Å². The Bertz CT molecular complexity index is 369. The minimum absolute atomic E-state index is 0. The number of primary amides is 1. The number of rotatable bonds is 7. The molecule has 19 heavy (non-hydrogen) atoms. The van der Waals surface area contributed by atoms with E-state index in [4.69, 9.17) is 5.73 Å². The van der Waals surface area contributed by atoms with Crippen molar-refractivity contribution in [1.29, 1.82) is 0 Å². The highest BCUT2D eigenvalue weighted by molar-refractivity contribution is 5.94. The van der Waals surface area contributed by atoms with Crippen LogP contribution < -0.4 is 5.73 Å². The first-order valence-electron chi connectivity index (χ1n) is 6.59. The lowest BCUT2D eigenvalue weighted by molar-refractivity contribution is 0.0999. The van der Waals surface area contributed by atoms with Crippen molar-refractivity contribution >= 4 is 30.7 Å². The summed E-state index contributed by atoms with van der Waals surface area (Å²) in [5, 5.41) is 0. The van der Waals surface area contributed by atoms with Crippen LogP contribution in [0.25, 0.3) is 0 Å². The lowest BCUT2D eigenvalue weighted by atomic mass is 9.87. The lowest BCUT2D eigenvalue weighted by Gasteiger charge is -2.17. The molecule has 0 saturated carbocycles. The molecule has 110 valence electrons. The number of amides is 1. The summed E-state index contributed by atoms with van der Waals surface area (Å²) >= 11 is 0. The van der Waals surface area contributed by atoms with Crippen molar-refractivity contribution in [3.63, 3.8) is 0 Å². The van der Waals surface area contributed by atoms with E-state index >= 15 is 0 Å². The Kier molecular flexibility index (Phi) is 12.1. The van der Waals surface area contributed by atoms with Crippen molar-refractivity contribution in [2.24, 2.45) is 5.73 Å². The van der Waals surface area contributed by atoms with E-state index in [1.165, 1.54) is 19.3 Å². The van der Waals surface area contributed by atoms with Crippen LogP contribution in [0.3, 0.4) is 0 Å². The summed E-state index contributed by atoms with van der Waals surface area (Å²) in [6.07, 6.45) is 5.92. The summed E-state index contributed by atoms with van der Waals surface area (Å²) < 4.78 is 0. The minimum atomic E-state index is -0.311. The zero-order chi connectivity index (χ0) is 12.7. The summed E-state index contributed by atoms with van der Waals surface area (Å²) in [7, 11) is 0. The van der Waals surface area contributed by atoms with E-state index in [0.29, 0.717) is 11.5 Å². The summed E-state index contributed by atoms with van der Waals surface area (Å²) in [6, 6.07) is 7.74. The highest BCUT2D eigenvalue weighted by Crippen LogP contribution is 2.28. The maximum atomic E-state index is 11.4. The van der Waals surface area contributed by atoms with E-state index < -0.39 is 0 Å². The SMILES string of the molecule is CCCCCC(CC)c1ccccc1C(N)=O.Cl.Cl. The molecule has 0 radical (unpaired) electrons. The van der Waals surface area contributed by atoms with Crippen LogP contribution in [-0.2, 0) is 0 Å². The van der Waals surface area contributed by atoms with E-state index in [0.717, 1.165) is 18.4 Å². The molecule has 2 nitrogen and oxygen atoms in total. The molecule has 1 aromatic rings. The maximum absolute atomic E-state index is 11.4. The molecule has 0 aliphatic carbocycles. The van der Waals surface area contributed by atoms with Crippen LogP contribution in [0.15, 0.2) is 24.3 Å². The third-order valence-electron chi connectivity index (χ3n) is 3.32. The predicted molar refractivity (Wildman–Crippen MR) is 86.6 cm³/mol. The number of unbranched alkanes of at least 4 members (excludes halogenated alkanes) is 2. The normalized spacial score (nSPS) is 11.1. The first kappa shape index (κ1) is 20.6.